The monoisotopic (exact) mass is 300 g/mol. The summed E-state index contributed by atoms with van der Waals surface area (Å²) in [6.45, 7) is 1.80. The summed E-state index contributed by atoms with van der Waals surface area (Å²) in [6, 6.07) is 10.4. The Balaban J connectivity index is 2.04. The van der Waals surface area contributed by atoms with Crippen LogP contribution in [-0.4, -0.2) is 21.4 Å². The topological polar surface area (TPSA) is 68.6 Å². The maximum Gasteiger partial charge on any atom is 0.198 e. The summed E-state index contributed by atoms with van der Waals surface area (Å²) in [5, 5.41) is 20.9. The summed E-state index contributed by atoms with van der Waals surface area (Å²) < 4.78 is 0. The van der Waals surface area contributed by atoms with E-state index in [2.05, 4.69) is 9.98 Å². The first-order valence-electron chi connectivity index (χ1n) is 6.38. The molecule has 3 N–H and O–H groups in total. The first-order valence-corrected chi connectivity index (χ1v) is 6.76. The minimum atomic E-state index is 0.0477. The van der Waals surface area contributed by atoms with Gasteiger partial charge < -0.3 is 15.2 Å². The van der Waals surface area contributed by atoms with Crippen LogP contribution >= 0.6 is 11.6 Å². The number of rotatable bonds is 2. The highest BCUT2D eigenvalue weighted by Gasteiger charge is 2.09. The van der Waals surface area contributed by atoms with Gasteiger partial charge in [-0.15, -0.1) is 0 Å². The van der Waals surface area contributed by atoms with E-state index >= 15 is 0 Å². The highest BCUT2D eigenvalue weighted by molar-refractivity contribution is 6.31. The molecule has 0 bridgehead atoms. The fraction of sp³-hybridized carbons (Fsp3) is 0.0625. The molecule has 0 saturated heterocycles. The fourth-order valence-corrected chi connectivity index (χ4v) is 2.33. The lowest BCUT2D eigenvalue weighted by Crippen LogP contribution is -1.80. The number of halogens is 1. The number of aromatic hydroxyl groups is 2. The molecule has 0 aliphatic rings. The molecule has 1 heterocycles. The number of nitrogens with zero attached hydrogens (tertiary/aromatic N) is 1. The fourth-order valence-electron chi connectivity index (χ4n) is 2.16. The van der Waals surface area contributed by atoms with Crippen LogP contribution in [0.25, 0.3) is 10.9 Å². The molecule has 3 aromatic rings. The van der Waals surface area contributed by atoms with Crippen molar-refractivity contribution in [1.29, 1.82) is 0 Å². The maximum atomic E-state index is 9.97. The third-order valence-electron chi connectivity index (χ3n) is 3.30. The molecular formula is C16H13ClN2O2. The minimum Gasteiger partial charge on any atom is -0.508 e. The summed E-state index contributed by atoms with van der Waals surface area (Å²) in [5.74, 6) is 0.280. The molecule has 0 amide bonds. The van der Waals surface area contributed by atoms with Crippen molar-refractivity contribution in [2.24, 2.45) is 4.99 Å². The van der Waals surface area contributed by atoms with Gasteiger partial charge in [-0.1, -0.05) is 11.6 Å². The van der Waals surface area contributed by atoms with Gasteiger partial charge in [0.25, 0.3) is 0 Å². The van der Waals surface area contributed by atoms with Gasteiger partial charge in [-0.2, -0.15) is 0 Å². The molecule has 0 unspecified atom stereocenters. The lowest BCUT2D eigenvalue weighted by Gasteiger charge is -1.99. The zero-order valence-electron chi connectivity index (χ0n) is 11.3. The number of phenols is 1. The van der Waals surface area contributed by atoms with Crippen LogP contribution in [0.5, 0.6) is 11.6 Å². The lowest BCUT2D eigenvalue weighted by atomic mass is 10.2. The van der Waals surface area contributed by atoms with Gasteiger partial charge in [0.1, 0.15) is 5.75 Å². The van der Waals surface area contributed by atoms with E-state index in [9.17, 15) is 10.2 Å². The number of phenolic OH excluding ortho intramolecular Hbond substituents is 1. The second-order valence-electron chi connectivity index (χ2n) is 4.81. The quantitative estimate of drug-likeness (QED) is 0.618. The molecule has 5 heteroatoms. The van der Waals surface area contributed by atoms with Gasteiger partial charge in [-0.05, 0) is 48.9 Å². The van der Waals surface area contributed by atoms with Crippen molar-refractivity contribution in [2.75, 3.05) is 0 Å². The average molecular weight is 301 g/mol. The van der Waals surface area contributed by atoms with E-state index in [1.54, 1.807) is 49.5 Å². The smallest absolute Gasteiger partial charge is 0.198 e. The van der Waals surface area contributed by atoms with Gasteiger partial charge in [0.2, 0.25) is 0 Å². The van der Waals surface area contributed by atoms with Gasteiger partial charge in [0.05, 0.1) is 11.3 Å². The standard InChI is InChI=1S/C16H13ClN2O2/c1-9-6-11(3-5-15(9)20)18-8-13-12-7-10(17)2-4-14(12)19-16(13)21/h2-8,19-21H,1H3. The number of aryl methyl sites for hydroxylation is 1. The van der Waals surface area contributed by atoms with Crippen LogP contribution < -0.4 is 0 Å². The van der Waals surface area contributed by atoms with Crippen LogP contribution in [0.15, 0.2) is 41.4 Å². The van der Waals surface area contributed by atoms with E-state index in [4.69, 9.17) is 11.6 Å². The van der Waals surface area contributed by atoms with Crippen molar-refractivity contribution in [3.63, 3.8) is 0 Å². The number of aromatic nitrogens is 1. The Hall–Kier alpha value is -2.46. The van der Waals surface area contributed by atoms with Crippen molar-refractivity contribution in [3.05, 3.63) is 52.5 Å². The molecule has 0 aliphatic heterocycles. The zero-order valence-corrected chi connectivity index (χ0v) is 12.0. The molecule has 2 aromatic carbocycles. The first kappa shape index (κ1) is 13.5. The number of H-pyrrole nitrogens is 1. The molecule has 106 valence electrons. The number of aliphatic imine (C=N–C) groups is 1. The summed E-state index contributed by atoms with van der Waals surface area (Å²) in [6.07, 6.45) is 1.58. The van der Waals surface area contributed by atoms with Gasteiger partial charge in [-0.3, -0.25) is 4.99 Å². The highest BCUT2D eigenvalue weighted by atomic mass is 35.5. The lowest BCUT2D eigenvalue weighted by molar-refractivity contribution is 0.457. The summed E-state index contributed by atoms with van der Waals surface area (Å²) in [7, 11) is 0. The van der Waals surface area contributed by atoms with E-state index in [1.807, 2.05) is 0 Å². The van der Waals surface area contributed by atoms with Crippen molar-refractivity contribution in [3.8, 4) is 11.6 Å². The molecule has 21 heavy (non-hydrogen) atoms. The summed E-state index contributed by atoms with van der Waals surface area (Å²) >= 11 is 5.99. The molecular weight excluding hydrogens is 288 g/mol. The van der Waals surface area contributed by atoms with Gasteiger partial charge in [0.15, 0.2) is 5.88 Å². The second-order valence-corrected chi connectivity index (χ2v) is 5.24. The zero-order chi connectivity index (χ0) is 15.0. The van der Waals surface area contributed by atoms with Crippen LogP contribution in [0.3, 0.4) is 0 Å². The third-order valence-corrected chi connectivity index (χ3v) is 3.54. The van der Waals surface area contributed by atoms with Crippen LogP contribution in [-0.2, 0) is 0 Å². The van der Waals surface area contributed by atoms with Crippen molar-refractivity contribution >= 4 is 34.4 Å². The highest BCUT2D eigenvalue weighted by Crippen LogP contribution is 2.29. The molecule has 0 atom stereocenters. The van der Waals surface area contributed by atoms with E-state index in [1.165, 1.54) is 0 Å². The largest absolute Gasteiger partial charge is 0.508 e. The Kier molecular flexibility index (Phi) is 3.31. The normalized spacial score (nSPS) is 11.5. The van der Waals surface area contributed by atoms with E-state index < -0.39 is 0 Å². The molecule has 3 rings (SSSR count). The van der Waals surface area contributed by atoms with E-state index in [-0.39, 0.29) is 11.6 Å². The second kappa shape index (κ2) is 5.14. The van der Waals surface area contributed by atoms with Crippen LogP contribution in [0, 0.1) is 6.92 Å². The van der Waals surface area contributed by atoms with Crippen LogP contribution in [0.1, 0.15) is 11.1 Å². The number of fused-ring (bicyclic) bond motifs is 1. The van der Waals surface area contributed by atoms with E-state index in [0.29, 0.717) is 16.3 Å². The molecule has 1 aromatic heterocycles. The van der Waals surface area contributed by atoms with Gasteiger partial charge in [0, 0.05) is 22.1 Å². The number of aromatic amines is 1. The molecule has 0 radical (unpaired) electrons. The Morgan fingerprint density at radius 2 is 1.95 bits per heavy atom. The third kappa shape index (κ3) is 2.58. The first-order chi connectivity index (χ1) is 10.0. The Morgan fingerprint density at radius 1 is 1.14 bits per heavy atom. The summed E-state index contributed by atoms with van der Waals surface area (Å²) in [5.41, 5.74) is 2.82. The molecule has 0 saturated carbocycles. The predicted octanol–water partition coefficient (Wildman–Crippen LogP) is 4.29. The van der Waals surface area contributed by atoms with Gasteiger partial charge >= 0.3 is 0 Å². The molecule has 4 nitrogen and oxygen atoms in total. The maximum absolute atomic E-state index is 9.97. The van der Waals surface area contributed by atoms with E-state index in [0.717, 1.165) is 16.5 Å². The predicted molar refractivity (Wildman–Crippen MR) is 85.1 cm³/mol. The minimum absolute atomic E-state index is 0.0477. The average Bonchev–Trinajstić information content (AvgIpc) is 2.75. The SMILES string of the molecule is Cc1cc(N=Cc2c(O)[nH]c3ccc(Cl)cc23)ccc1O. The number of hydrogen-bond donors (Lipinski definition) is 3. The number of nitrogens with one attached hydrogen (secondary N) is 1. The molecule has 0 aliphatic carbocycles. The van der Waals surface area contributed by atoms with Crippen LogP contribution in [0.4, 0.5) is 5.69 Å². The Labute approximate surface area is 126 Å². The van der Waals surface area contributed by atoms with Gasteiger partial charge in [-0.25, -0.2) is 0 Å². The number of benzene rings is 2. The Bertz CT molecular complexity index is 853. The number of hydrogen-bond acceptors (Lipinski definition) is 3. The van der Waals surface area contributed by atoms with Crippen molar-refractivity contribution in [1.82, 2.24) is 4.98 Å². The summed E-state index contributed by atoms with van der Waals surface area (Å²) in [4.78, 5) is 7.21. The Morgan fingerprint density at radius 3 is 2.71 bits per heavy atom. The molecule has 0 fully saturated rings. The van der Waals surface area contributed by atoms with Crippen LogP contribution in [0.2, 0.25) is 5.02 Å². The van der Waals surface area contributed by atoms with Crippen molar-refractivity contribution in [2.45, 2.75) is 6.92 Å². The van der Waals surface area contributed by atoms with Crippen molar-refractivity contribution < 1.29 is 10.2 Å². The molecule has 0 spiro atoms.